The average Bonchev–Trinajstić information content (AvgIpc) is 3.08. The van der Waals surface area contributed by atoms with Crippen LogP contribution in [0.25, 0.3) is 0 Å². The van der Waals surface area contributed by atoms with E-state index in [1.807, 2.05) is 0 Å². The highest BCUT2D eigenvalue weighted by Gasteiger charge is 2.59. The zero-order valence-corrected chi connectivity index (χ0v) is 19.8. The summed E-state index contributed by atoms with van der Waals surface area (Å²) in [6, 6.07) is 0. The van der Waals surface area contributed by atoms with E-state index >= 15 is 0 Å². The molecule has 0 radical (unpaired) electrons. The van der Waals surface area contributed by atoms with Crippen molar-refractivity contribution < 1.29 is 9.90 Å². The molecule has 0 aromatic heterocycles. The minimum absolute atomic E-state index is 0.126. The van der Waals surface area contributed by atoms with Crippen molar-refractivity contribution in [1.82, 2.24) is 0 Å². The van der Waals surface area contributed by atoms with Gasteiger partial charge in [0, 0.05) is 12.3 Å². The number of rotatable bonds is 6. The molecular formula is C27H45NO2. The van der Waals surface area contributed by atoms with Crippen molar-refractivity contribution >= 4 is 5.78 Å². The first-order valence-corrected chi connectivity index (χ1v) is 12.8. The lowest BCUT2D eigenvalue weighted by atomic mass is 9.47. The minimum Gasteiger partial charge on any atom is -0.393 e. The molecule has 0 heterocycles. The van der Waals surface area contributed by atoms with Crippen LogP contribution in [0.3, 0.4) is 0 Å². The van der Waals surface area contributed by atoms with Gasteiger partial charge in [0.2, 0.25) is 0 Å². The summed E-state index contributed by atoms with van der Waals surface area (Å²) in [5.41, 5.74) is 7.95. The molecule has 0 aliphatic heterocycles. The van der Waals surface area contributed by atoms with Gasteiger partial charge in [0.1, 0.15) is 5.78 Å². The summed E-state index contributed by atoms with van der Waals surface area (Å²) >= 11 is 0. The van der Waals surface area contributed by atoms with E-state index in [0.717, 1.165) is 43.4 Å². The maximum atomic E-state index is 13.0. The van der Waals surface area contributed by atoms with Crippen LogP contribution in [-0.4, -0.2) is 23.5 Å². The number of nitrogens with two attached hydrogens (primary N) is 1. The van der Waals surface area contributed by atoms with Crippen LogP contribution in [0.1, 0.15) is 91.9 Å². The van der Waals surface area contributed by atoms with E-state index in [-0.39, 0.29) is 12.0 Å². The van der Waals surface area contributed by atoms with E-state index in [9.17, 15) is 9.90 Å². The number of aliphatic hydroxyl groups excluding tert-OH is 1. The Morgan fingerprint density at radius 1 is 1.17 bits per heavy atom. The Labute approximate surface area is 184 Å². The highest BCUT2D eigenvalue weighted by Crippen LogP contribution is 2.67. The van der Waals surface area contributed by atoms with Crippen LogP contribution in [-0.2, 0) is 4.79 Å². The van der Waals surface area contributed by atoms with Crippen molar-refractivity contribution in [2.75, 3.05) is 6.54 Å². The lowest BCUT2D eigenvalue weighted by molar-refractivity contribution is -0.127. The number of carbonyl (C=O) groups excluding carboxylic acids is 1. The number of carbonyl (C=O) groups is 1. The largest absolute Gasteiger partial charge is 0.393 e. The molecule has 0 aromatic rings. The molecule has 3 fully saturated rings. The first-order valence-electron chi connectivity index (χ1n) is 12.8. The summed E-state index contributed by atoms with van der Waals surface area (Å²) < 4.78 is 0. The predicted octanol–water partition coefficient (Wildman–Crippen LogP) is 5.51. The summed E-state index contributed by atoms with van der Waals surface area (Å²) in [4.78, 5) is 13.0. The van der Waals surface area contributed by atoms with Crippen molar-refractivity contribution in [3.63, 3.8) is 0 Å². The molecular weight excluding hydrogens is 370 g/mol. The number of Topliss-reactive ketones (excluding diaryl/α,β-unsaturated/α-hetero) is 1. The van der Waals surface area contributed by atoms with Crippen LogP contribution in [0.2, 0.25) is 0 Å². The topological polar surface area (TPSA) is 63.3 Å². The molecule has 9 atom stereocenters. The number of ketones is 1. The maximum absolute atomic E-state index is 13.0. The first kappa shape index (κ1) is 22.5. The fourth-order valence-electron chi connectivity index (χ4n) is 8.46. The van der Waals surface area contributed by atoms with E-state index in [1.54, 1.807) is 5.57 Å². The lowest BCUT2D eigenvalue weighted by Gasteiger charge is -2.58. The molecule has 0 amide bonds. The molecule has 3 heteroatoms. The Hall–Kier alpha value is -0.670. The molecule has 0 bridgehead atoms. The Morgan fingerprint density at radius 3 is 2.67 bits per heavy atom. The van der Waals surface area contributed by atoms with Crippen molar-refractivity contribution in [1.29, 1.82) is 0 Å². The number of hydrogen-bond acceptors (Lipinski definition) is 3. The zero-order valence-electron chi connectivity index (χ0n) is 19.8. The summed E-state index contributed by atoms with van der Waals surface area (Å²) in [6.07, 6.45) is 13.4. The zero-order chi connectivity index (χ0) is 21.7. The second kappa shape index (κ2) is 8.35. The third-order valence-corrected chi connectivity index (χ3v) is 10.5. The average molecular weight is 416 g/mol. The fourth-order valence-corrected chi connectivity index (χ4v) is 8.46. The van der Waals surface area contributed by atoms with Crippen molar-refractivity contribution in [2.45, 2.75) is 98.0 Å². The van der Waals surface area contributed by atoms with Gasteiger partial charge in [0.25, 0.3) is 0 Å². The van der Waals surface area contributed by atoms with Gasteiger partial charge in [-0.2, -0.15) is 0 Å². The Morgan fingerprint density at radius 2 is 1.93 bits per heavy atom. The second-order valence-electron chi connectivity index (χ2n) is 12.0. The van der Waals surface area contributed by atoms with Gasteiger partial charge in [-0.1, -0.05) is 39.3 Å². The minimum atomic E-state index is -0.126. The lowest BCUT2D eigenvalue weighted by Crippen LogP contribution is -2.51. The summed E-state index contributed by atoms with van der Waals surface area (Å²) in [6.45, 7) is 10.1. The molecule has 0 aromatic carbocycles. The Bertz CT molecular complexity index is 686. The molecule has 3 N–H and O–H groups in total. The quantitative estimate of drug-likeness (QED) is 0.563. The van der Waals surface area contributed by atoms with Crippen molar-refractivity contribution in [2.24, 2.45) is 52.1 Å². The molecule has 170 valence electrons. The summed E-state index contributed by atoms with van der Waals surface area (Å²) in [5.74, 6) is 3.98. The highest BCUT2D eigenvalue weighted by molar-refractivity contribution is 5.81. The van der Waals surface area contributed by atoms with Gasteiger partial charge < -0.3 is 10.8 Å². The van der Waals surface area contributed by atoms with Crippen molar-refractivity contribution in [3.05, 3.63) is 11.6 Å². The van der Waals surface area contributed by atoms with E-state index in [0.29, 0.717) is 41.4 Å². The third-order valence-electron chi connectivity index (χ3n) is 10.5. The van der Waals surface area contributed by atoms with E-state index in [1.165, 1.54) is 32.1 Å². The molecule has 3 nitrogen and oxygen atoms in total. The van der Waals surface area contributed by atoms with Crippen LogP contribution < -0.4 is 5.73 Å². The standard InChI is InChI=1S/C27H45NO2/c1-17(16-28)5-10-25(30)18(2)22-8-9-23-21-7-6-19-15-20(29)11-13-26(19,3)24(21)12-14-27(22,23)4/h6,17-18,20-24,29H,5,7-16,28H2,1-4H3/t17?,18-,20-,21-,22+,23-,24-,26-,27+/m0/s1. The van der Waals surface area contributed by atoms with Crippen LogP contribution in [0.15, 0.2) is 11.6 Å². The molecule has 0 spiro atoms. The second-order valence-corrected chi connectivity index (χ2v) is 12.0. The van der Waals surface area contributed by atoms with Crippen molar-refractivity contribution in [3.8, 4) is 0 Å². The van der Waals surface area contributed by atoms with Gasteiger partial charge in [-0.25, -0.2) is 0 Å². The van der Waals surface area contributed by atoms with Gasteiger partial charge in [-0.15, -0.1) is 0 Å². The first-order chi connectivity index (χ1) is 14.2. The molecule has 4 aliphatic carbocycles. The highest BCUT2D eigenvalue weighted by atomic mass is 16.3. The smallest absolute Gasteiger partial charge is 0.136 e. The predicted molar refractivity (Wildman–Crippen MR) is 123 cm³/mol. The molecule has 4 aliphatic rings. The van der Waals surface area contributed by atoms with Crippen LogP contribution in [0.5, 0.6) is 0 Å². The van der Waals surface area contributed by atoms with Gasteiger partial charge in [0.05, 0.1) is 6.10 Å². The van der Waals surface area contributed by atoms with Crippen LogP contribution >= 0.6 is 0 Å². The summed E-state index contributed by atoms with van der Waals surface area (Å²) in [7, 11) is 0. The molecule has 0 saturated heterocycles. The Balaban J connectivity index is 1.49. The van der Waals surface area contributed by atoms with E-state index < -0.39 is 0 Å². The van der Waals surface area contributed by atoms with E-state index in [4.69, 9.17) is 5.73 Å². The van der Waals surface area contributed by atoms with Gasteiger partial charge in [-0.3, -0.25) is 4.79 Å². The molecule has 3 saturated carbocycles. The third kappa shape index (κ3) is 3.62. The van der Waals surface area contributed by atoms with Crippen LogP contribution in [0.4, 0.5) is 0 Å². The number of aliphatic hydroxyl groups is 1. The SMILES string of the molecule is CC(CN)CCC(=O)[C@@H](C)[C@H]1CC[C@H]2[C@@H]3CC=C4C[C@@H](O)CC[C@]4(C)[C@H]3CC[C@]12C. The van der Waals surface area contributed by atoms with Gasteiger partial charge in [0.15, 0.2) is 0 Å². The van der Waals surface area contributed by atoms with Gasteiger partial charge >= 0.3 is 0 Å². The van der Waals surface area contributed by atoms with Gasteiger partial charge in [-0.05, 0) is 105 Å². The monoisotopic (exact) mass is 415 g/mol. The number of allylic oxidation sites excluding steroid dienone is 1. The normalized spacial score (nSPS) is 45.0. The molecule has 30 heavy (non-hydrogen) atoms. The number of hydrogen-bond donors (Lipinski definition) is 2. The van der Waals surface area contributed by atoms with E-state index in [2.05, 4.69) is 33.8 Å². The molecule has 1 unspecified atom stereocenters. The Kier molecular flexibility index (Phi) is 6.27. The maximum Gasteiger partial charge on any atom is 0.136 e. The molecule has 4 rings (SSSR count). The fraction of sp³-hybridized carbons (Fsp3) is 0.889. The number of fused-ring (bicyclic) bond motifs is 5. The summed E-state index contributed by atoms with van der Waals surface area (Å²) in [5, 5.41) is 10.2. The van der Waals surface area contributed by atoms with Crippen LogP contribution in [0, 0.1) is 46.3 Å².